The van der Waals surface area contributed by atoms with Gasteiger partial charge < -0.3 is 5.32 Å². The molecule has 1 N–H and O–H groups in total. The van der Waals surface area contributed by atoms with Crippen LogP contribution in [0.5, 0.6) is 0 Å². The number of imidazole rings is 1. The normalized spacial score (nSPS) is 15.8. The zero-order chi connectivity index (χ0) is 20.9. The largest absolute Gasteiger partial charge is 0.320 e. The lowest BCUT2D eigenvalue weighted by Crippen LogP contribution is -2.37. The van der Waals surface area contributed by atoms with Crippen molar-refractivity contribution >= 4 is 17.2 Å². The van der Waals surface area contributed by atoms with Crippen molar-refractivity contribution in [3.63, 3.8) is 0 Å². The zero-order valence-electron chi connectivity index (χ0n) is 16.1. The van der Waals surface area contributed by atoms with E-state index in [9.17, 15) is 13.6 Å². The molecule has 1 amide bonds. The molecule has 0 saturated heterocycles. The number of carbonyl (C=O) groups excluding carboxylic acids is 1. The summed E-state index contributed by atoms with van der Waals surface area (Å²) in [6.45, 7) is 1.89. The van der Waals surface area contributed by atoms with Crippen LogP contribution in [-0.2, 0) is 0 Å². The van der Waals surface area contributed by atoms with Crippen LogP contribution in [0.15, 0.2) is 55.0 Å². The average molecular weight is 408 g/mol. The Morgan fingerprint density at radius 2 is 2.07 bits per heavy atom. The molecule has 0 bridgehead atoms. The third-order valence-electron chi connectivity index (χ3n) is 5.38. The van der Waals surface area contributed by atoms with Crippen molar-refractivity contribution in [3.8, 4) is 11.3 Å². The van der Waals surface area contributed by atoms with E-state index >= 15 is 0 Å². The van der Waals surface area contributed by atoms with Crippen LogP contribution >= 0.6 is 0 Å². The first-order valence-corrected chi connectivity index (χ1v) is 9.54. The number of hydrogen-bond donors (Lipinski definition) is 1. The van der Waals surface area contributed by atoms with Crippen LogP contribution in [0.1, 0.15) is 34.9 Å². The van der Waals surface area contributed by atoms with E-state index in [1.165, 1.54) is 10.9 Å². The maximum absolute atomic E-state index is 13.1. The lowest BCUT2D eigenvalue weighted by molar-refractivity contribution is -0.107. The first-order chi connectivity index (χ1) is 14.4. The van der Waals surface area contributed by atoms with Gasteiger partial charge in [-0.3, -0.25) is 9.20 Å². The van der Waals surface area contributed by atoms with E-state index in [-0.39, 0.29) is 24.8 Å². The summed E-state index contributed by atoms with van der Waals surface area (Å²) in [6.07, 6.45) is 4.54. The molecule has 1 aliphatic rings. The lowest BCUT2D eigenvalue weighted by atomic mass is 9.88. The number of aromatic nitrogens is 5. The number of fused-ring (bicyclic) bond motifs is 1. The molecule has 0 radical (unpaired) electrons. The number of nitrogens with zero attached hydrogens (tertiary/aromatic N) is 5. The average Bonchev–Trinajstić information content (AvgIpc) is 3.35. The minimum atomic E-state index is -2.62. The predicted molar refractivity (Wildman–Crippen MR) is 107 cm³/mol. The van der Waals surface area contributed by atoms with E-state index in [1.54, 1.807) is 22.9 Å². The Balaban J connectivity index is 1.39. The number of hydrogen-bond acceptors (Lipinski definition) is 4. The molecule has 1 aliphatic carbocycles. The van der Waals surface area contributed by atoms with Gasteiger partial charge in [0.25, 0.3) is 11.8 Å². The van der Waals surface area contributed by atoms with Crippen molar-refractivity contribution in [1.29, 1.82) is 0 Å². The van der Waals surface area contributed by atoms with Crippen LogP contribution in [0.2, 0.25) is 0 Å². The lowest BCUT2D eigenvalue weighted by Gasteiger charge is -2.34. The van der Waals surface area contributed by atoms with Gasteiger partial charge in [0, 0.05) is 30.3 Å². The molecule has 9 heteroatoms. The van der Waals surface area contributed by atoms with E-state index < -0.39 is 5.92 Å². The Hall–Kier alpha value is -3.62. The monoisotopic (exact) mass is 408 g/mol. The highest BCUT2D eigenvalue weighted by Gasteiger charge is 2.46. The third-order valence-corrected chi connectivity index (χ3v) is 5.38. The summed E-state index contributed by atoms with van der Waals surface area (Å²) in [6, 6.07) is 10.7. The summed E-state index contributed by atoms with van der Waals surface area (Å²) < 4.78 is 29.5. The van der Waals surface area contributed by atoms with Crippen LogP contribution < -0.4 is 5.32 Å². The molecular formula is C21H18F2N6O. The van der Waals surface area contributed by atoms with Gasteiger partial charge in [-0.05, 0) is 30.7 Å². The molecule has 7 nitrogen and oxygen atoms in total. The molecule has 30 heavy (non-hydrogen) atoms. The summed E-state index contributed by atoms with van der Waals surface area (Å²) >= 11 is 0. The highest BCUT2D eigenvalue weighted by atomic mass is 19.3. The van der Waals surface area contributed by atoms with Crippen molar-refractivity contribution in [2.75, 3.05) is 5.32 Å². The summed E-state index contributed by atoms with van der Waals surface area (Å²) in [5.74, 6) is -2.90. The van der Waals surface area contributed by atoms with Crippen LogP contribution in [0.3, 0.4) is 0 Å². The summed E-state index contributed by atoms with van der Waals surface area (Å²) in [4.78, 5) is 17.1. The van der Waals surface area contributed by atoms with Gasteiger partial charge in [0.15, 0.2) is 0 Å². The molecule has 1 fully saturated rings. The number of amides is 1. The fourth-order valence-corrected chi connectivity index (χ4v) is 3.61. The number of pyridine rings is 1. The molecule has 3 aromatic heterocycles. The Morgan fingerprint density at radius 1 is 1.23 bits per heavy atom. The molecule has 5 rings (SSSR count). The maximum atomic E-state index is 13.1. The number of nitrogens with one attached hydrogen (secondary N) is 1. The Kier molecular flexibility index (Phi) is 4.12. The number of halogens is 2. The Bertz CT molecular complexity index is 1250. The SMILES string of the molecule is Cc1ccc(-c2cn(C3CC(F)(F)C3)nn2)cc1NC(=O)c1cnc2ccccn12. The van der Waals surface area contributed by atoms with Crippen molar-refractivity contribution in [1.82, 2.24) is 24.4 Å². The van der Waals surface area contributed by atoms with E-state index in [0.717, 1.165) is 11.1 Å². The van der Waals surface area contributed by atoms with E-state index in [4.69, 9.17) is 0 Å². The fraction of sp³-hybridized carbons (Fsp3) is 0.238. The van der Waals surface area contributed by atoms with Gasteiger partial charge in [-0.15, -0.1) is 5.10 Å². The van der Waals surface area contributed by atoms with Gasteiger partial charge in [0.05, 0.1) is 18.4 Å². The number of rotatable bonds is 4. The van der Waals surface area contributed by atoms with Gasteiger partial charge in [-0.2, -0.15) is 0 Å². The van der Waals surface area contributed by atoms with Crippen LogP contribution in [-0.4, -0.2) is 36.2 Å². The summed E-state index contributed by atoms with van der Waals surface area (Å²) in [7, 11) is 0. The van der Waals surface area contributed by atoms with Gasteiger partial charge in [0.2, 0.25) is 0 Å². The first-order valence-electron chi connectivity index (χ1n) is 9.54. The second-order valence-electron chi connectivity index (χ2n) is 7.56. The Labute approximate surface area is 170 Å². The van der Waals surface area contributed by atoms with E-state index in [2.05, 4.69) is 20.6 Å². The molecule has 0 atom stereocenters. The second kappa shape index (κ2) is 6.72. The van der Waals surface area contributed by atoms with Gasteiger partial charge in [-0.25, -0.2) is 18.4 Å². The van der Waals surface area contributed by atoms with Gasteiger partial charge >= 0.3 is 0 Å². The molecule has 3 heterocycles. The Morgan fingerprint density at radius 3 is 2.87 bits per heavy atom. The highest BCUT2D eigenvalue weighted by molar-refractivity contribution is 6.04. The quantitative estimate of drug-likeness (QED) is 0.551. The van der Waals surface area contributed by atoms with Crippen molar-refractivity contribution in [3.05, 3.63) is 66.2 Å². The number of carbonyl (C=O) groups is 1. The number of alkyl halides is 2. The summed E-state index contributed by atoms with van der Waals surface area (Å²) in [5.41, 5.74) is 3.93. The third kappa shape index (κ3) is 3.22. The van der Waals surface area contributed by atoms with Gasteiger partial charge in [-0.1, -0.05) is 23.4 Å². The second-order valence-corrected chi connectivity index (χ2v) is 7.56. The van der Waals surface area contributed by atoms with Crippen molar-refractivity contribution in [2.45, 2.75) is 31.7 Å². The highest BCUT2D eigenvalue weighted by Crippen LogP contribution is 2.45. The number of aryl methyl sites for hydroxylation is 1. The molecule has 0 aliphatic heterocycles. The zero-order valence-corrected chi connectivity index (χ0v) is 16.1. The fourth-order valence-electron chi connectivity index (χ4n) is 3.61. The molecule has 0 unspecified atom stereocenters. The molecule has 1 aromatic carbocycles. The minimum absolute atomic E-state index is 0.218. The van der Waals surface area contributed by atoms with Crippen LogP contribution in [0.4, 0.5) is 14.5 Å². The number of anilines is 1. The topological polar surface area (TPSA) is 77.1 Å². The number of benzene rings is 1. The van der Waals surface area contributed by atoms with Crippen molar-refractivity contribution < 1.29 is 13.6 Å². The maximum Gasteiger partial charge on any atom is 0.274 e. The van der Waals surface area contributed by atoms with Crippen LogP contribution in [0.25, 0.3) is 16.9 Å². The predicted octanol–water partition coefficient (Wildman–Crippen LogP) is 4.12. The minimum Gasteiger partial charge on any atom is -0.320 e. The first kappa shape index (κ1) is 18.4. The molecular weight excluding hydrogens is 390 g/mol. The standard InChI is InChI=1S/C21H18F2N6O/c1-13-5-6-14(17-12-29(27-26-17)15-9-21(22,23)10-15)8-16(13)25-20(30)18-11-24-19-4-2-3-7-28(18)19/h2-8,11-12,15H,9-10H2,1H3,(H,25,30). The summed E-state index contributed by atoms with van der Waals surface area (Å²) in [5, 5.41) is 11.0. The van der Waals surface area contributed by atoms with E-state index in [0.29, 0.717) is 22.7 Å². The smallest absolute Gasteiger partial charge is 0.274 e. The molecule has 0 spiro atoms. The molecule has 1 saturated carbocycles. The van der Waals surface area contributed by atoms with Crippen LogP contribution in [0, 0.1) is 6.92 Å². The van der Waals surface area contributed by atoms with Crippen molar-refractivity contribution in [2.24, 2.45) is 0 Å². The molecule has 152 valence electrons. The van der Waals surface area contributed by atoms with Gasteiger partial charge in [0.1, 0.15) is 17.0 Å². The molecule has 4 aromatic rings. The van der Waals surface area contributed by atoms with E-state index in [1.807, 2.05) is 37.3 Å².